The number of carbonyl (C=O) groups excluding carboxylic acids is 1. The van der Waals surface area contributed by atoms with E-state index in [9.17, 15) is 4.79 Å². The topological polar surface area (TPSA) is 148 Å². The molecule has 1 fully saturated rings. The highest BCUT2D eigenvalue weighted by molar-refractivity contribution is 7.99. The number of hydrogen-bond donors (Lipinski definition) is 2. The zero-order valence-corrected chi connectivity index (χ0v) is 24.3. The molecule has 0 aromatic carbocycles. The summed E-state index contributed by atoms with van der Waals surface area (Å²) in [5.74, 6) is 0.941. The first kappa shape index (κ1) is 30.8. The zero-order chi connectivity index (χ0) is 28.9. The number of anilines is 2. The van der Waals surface area contributed by atoms with Crippen LogP contribution in [0.3, 0.4) is 0 Å². The van der Waals surface area contributed by atoms with Gasteiger partial charge in [-0.25, -0.2) is 19.9 Å². The number of aryl methyl sites for hydroxylation is 2. The van der Waals surface area contributed by atoms with Gasteiger partial charge in [-0.1, -0.05) is 0 Å². The number of ether oxygens (including phenoxy) is 3. The Balaban J connectivity index is 1.20. The molecule has 4 heterocycles. The van der Waals surface area contributed by atoms with Crippen LogP contribution in [-0.2, 0) is 14.2 Å². The largest absolute Gasteiger partial charge is 0.459 e. The quantitative estimate of drug-likeness (QED) is 0.186. The molecule has 1 aliphatic heterocycles. The average molecular weight is 588 g/mol. The van der Waals surface area contributed by atoms with Crippen molar-refractivity contribution in [1.29, 1.82) is 0 Å². The molecule has 2 N–H and O–H groups in total. The Morgan fingerprint density at radius 2 is 1.66 bits per heavy atom. The molecule has 0 bridgehead atoms. The predicted molar refractivity (Wildman–Crippen MR) is 153 cm³/mol. The van der Waals surface area contributed by atoms with E-state index >= 15 is 0 Å². The van der Waals surface area contributed by atoms with Crippen molar-refractivity contribution in [2.24, 2.45) is 0 Å². The van der Waals surface area contributed by atoms with Gasteiger partial charge in [0.25, 0.3) is 5.91 Å². The van der Waals surface area contributed by atoms with Gasteiger partial charge in [0.2, 0.25) is 5.95 Å². The fourth-order valence-corrected chi connectivity index (χ4v) is 4.91. The minimum atomic E-state index is -0.375. The lowest BCUT2D eigenvalue weighted by Gasteiger charge is -2.34. The molecule has 1 aliphatic rings. The van der Waals surface area contributed by atoms with E-state index in [4.69, 9.17) is 33.7 Å². The minimum absolute atomic E-state index is 0.0269. The number of rotatable bonds is 16. The summed E-state index contributed by atoms with van der Waals surface area (Å²) in [5, 5.41) is 11.9. The van der Waals surface area contributed by atoms with Crippen LogP contribution in [-0.4, -0.2) is 115 Å². The second-order valence-electron chi connectivity index (χ2n) is 9.17. The number of hydrogen-bond acceptors (Lipinski definition) is 13. The molecule has 0 radical (unpaired) electrons. The molecule has 222 valence electrons. The maximum absolute atomic E-state index is 12.3. The molecule has 0 saturated carbocycles. The average Bonchev–Trinajstić information content (AvgIpc) is 3.52. The lowest BCUT2D eigenvalue weighted by atomic mass is 10.3. The van der Waals surface area contributed by atoms with E-state index in [2.05, 4.69) is 25.1 Å². The SMILES string of the molecule is Cc1nc(N2CCN(CCOCCOCCOCCO)CC2)nc(C)c1Sc1nccc(NC(=O)c2ccco2)n1. The van der Waals surface area contributed by atoms with E-state index in [0.717, 1.165) is 55.0 Å². The number of nitrogens with one attached hydrogen (secondary N) is 1. The van der Waals surface area contributed by atoms with Crippen LogP contribution in [0.1, 0.15) is 21.9 Å². The number of piperazine rings is 1. The highest BCUT2D eigenvalue weighted by Crippen LogP contribution is 2.31. The van der Waals surface area contributed by atoms with Crippen LogP contribution in [0.5, 0.6) is 0 Å². The van der Waals surface area contributed by atoms with E-state index < -0.39 is 0 Å². The van der Waals surface area contributed by atoms with Gasteiger partial charge in [0, 0.05) is 38.9 Å². The van der Waals surface area contributed by atoms with Gasteiger partial charge in [-0.3, -0.25) is 9.69 Å². The van der Waals surface area contributed by atoms with Crippen LogP contribution in [0, 0.1) is 13.8 Å². The first-order valence-electron chi connectivity index (χ1n) is 13.6. The standard InChI is InChI=1S/C27H37N7O6S/c1-20-24(41-27-28-6-5-23(32-27)31-25(36)22-4-3-13-40-22)21(2)30-26(29-20)34-9-7-33(8-10-34)11-14-37-16-18-39-19-17-38-15-12-35/h3-6,13,35H,7-12,14-19H2,1-2H3,(H,28,31,32,36). The molecule has 0 spiro atoms. The summed E-state index contributed by atoms with van der Waals surface area (Å²) < 4.78 is 21.4. The molecule has 1 amide bonds. The fourth-order valence-electron chi connectivity index (χ4n) is 4.09. The van der Waals surface area contributed by atoms with E-state index in [1.165, 1.54) is 18.0 Å². The summed E-state index contributed by atoms with van der Waals surface area (Å²) in [6, 6.07) is 4.87. The number of aromatic nitrogens is 4. The fraction of sp³-hybridized carbons (Fsp3) is 0.519. The van der Waals surface area contributed by atoms with Crippen molar-refractivity contribution < 1.29 is 28.5 Å². The third kappa shape index (κ3) is 9.73. The Bertz CT molecular complexity index is 1200. The van der Waals surface area contributed by atoms with Crippen LogP contribution >= 0.6 is 11.8 Å². The van der Waals surface area contributed by atoms with Crippen molar-refractivity contribution in [2.45, 2.75) is 23.9 Å². The van der Waals surface area contributed by atoms with Crippen molar-refractivity contribution in [3.63, 3.8) is 0 Å². The maximum Gasteiger partial charge on any atom is 0.292 e. The summed E-state index contributed by atoms with van der Waals surface area (Å²) in [4.78, 5) is 36.1. The van der Waals surface area contributed by atoms with Crippen molar-refractivity contribution in [2.75, 3.05) is 89.2 Å². The molecule has 41 heavy (non-hydrogen) atoms. The number of aliphatic hydroxyl groups is 1. The summed E-state index contributed by atoms with van der Waals surface area (Å²) in [7, 11) is 0. The summed E-state index contributed by atoms with van der Waals surface area (Å²) >= 11 is 1.37. The van der Waals surface area contributed by atoms with Crippen molar-refractivity contribution in [3.8, 4) is 0 Å². The van der Waals surface area contributed by atoms with Crippen LogP contribution in [0.15, 0.2) is 45.1 Å². The van der Waals surface area contributed by atoms with Gasteiger partial charge in [0.05, 0.1) is 68.8 Å². The molecule has 14 heteroatoms. The number of carbonyl (C=O) groups is 1. The first-order chi connectivity index (χ1) is 20.0. The number of furan rings is 1. The lowest BCUT2D eigenvalue weighted by Crippen LogP contribution is -2.48. The minimum Gasteiger partial charge on any atom is -0.459 e. The summed E-state index contributed by atoms with van der Waals surface area (Å²) in [5.41, 5.74) is 1.70. The van der Waals surface area contributed by atoms with Gasteiger partial charge in [0.15, 0.2) is 10.9 Å². The second kappa shape index (κ2) is 16.3. The number of nitrogens with zero attached hydrogens (tertiary/aromatic N) is 6. The van der Waals surface area contributed by atoms with E-state index in [0.29, 0.717) is 50.6 Å². The molecule has 0 atom stereocenters. The lowest BCUT2D eigenvalue weighted by molar-refractivity contribution is 0.00443. The summed E-state index contributed by atoms with van der Waals surface area (Å²) in [6.07, 6.45) is 3.05. The smallest absolute Gasteiger partial charge is 0.292 e. The third-order valence-corrected chi connectivity index (χ3v) is 7.37. The highest BCUT2D eigenvalue weighted by atomic mass is 32.2. The number of aliphatic hydroxyl groups excluding tert-OH is 1. The molecule has 1 saturated heterocycles. The van der Waals surface area contributed by atoms with Crippen molar-refractivity contribution in [1.82, 2.24) is 24.8 Å². The Labute approximate surface area is 243 Å². The Morgan fingerprint density at radius 1 is 0.976 bits per heavy atom. The zero-order valence-electron chi connectivity index (χ0n) is 23.5. The van der Waals surface area contributed by atoms with Crippen LogP contribution in [0.4, 0.5) is 11.8 Å². The third-order valence-electron chi connectivity index (χ3n) is 6.19. The predicted octanol–water partition coefficient (Wildman–Crippen LogP) is 2.04. The first-order valence-corrected chi connectivity index (χ1v) is 14.4. The Morgan fingerprint density at radius 3 is 2.32 bits per heavy atom. The molecule has 3 aromatic rings. The molecule has 0 aliphatic carbocycles. The Kier molecular flexibility index (Phi) is 12.3. The van der Waals surface area contributed by atoms with Crippen LogP contribution in [0.2, 0.25) is 0 Å². The van der Waals surface area contributed by atoms with E-state index in [1.54, 1.807) is 24.4 Å². The normalized spacial score (nSPS) is 14.0. The van der Waals surface area contributed by atoms with Crippen LogP contribution < -0.4 is 10.2 Å². The van der Waals surface area contributed by atoms with Gasteiger partial charge in [0.1, 0.15) is 5.82 Å². The number of amides is 1. The molecule has 0 unspecified atom stereocenters. The van der Waals surface area contributed by atoms with E-state index in [-0.39, 0.29) is 18.3 Å². The maximum atomic E-state index is 12.3. The van der Waals surface area contributed by atoms with Gasteiger partial charge in [-0.05, 0) is 43.8 Å². The monoisotopic (exact) mass is 587 g/mol. The Hall–Kier alpha value is -3.14. The van der Waals surface area contributed by atoms with E-state index in [1.807, 2.05) is 13.8 Å². The highest BCUT2D eigenvalue weighted by Gasteiger charge is 2.21. The second-order valence-corrected chi connectivity index (χ2v) is 10.1. The van der Waals surface area contributed by atoms with Crippen LogP contribution in [0.25, 0.3) is 0 Å². The van der Waals surface area contributed by atoms with Gasteiger partial charge < -0.3 is 34.0 Å². The van der Waals surface area contributed by atoms with Gasteiger partial charge in [-0.2, -0.15) is 0 Å². The van der Waals surface area contributed by atoms with Crippen molar-refractivity contribution in [3.05, 3.63) is 47.8 Å². The van der Waals surface area contributed by atoms with Gasteiger partial charge >= 0.3 is 0 Å². The molecule has 13 nitrogen and oxygen atoms in total. The molecular weight excluding hydrogens is 550 g/mol. The molecular formula is C27H37N7O6S. The molecule has 3 aromatic heterocycles. The van der Waals surface area contributed by atoms with Gasteiger partial charge in [-0.15, -0.1) is 0 Å². The van der Waals surface area contributed by atoms with Crippen molar-refractivity contribution >= 4 is 29.4 Å². The molecule has 4 rings (SSSR count). The summed E-state index contributed by atoms with van der Waals surface area (Å²) in [6.45, 7) is 11.3.